The molecule has 1 aliphatic carbocycles. The zero-order valence-corrected chi connectivity index (χ0v) is 9.40. The first-order valence-electron chi connectivity index (χ1n) is 5.63. The van der Waals surface area contributed by atoms with Gasteiger partial charge in [-0.3, -0.25) is 9.59 Å². The van der Waals surface area contributed by atoms with Crippen LogP contribution < -0.4 is 0 Å². The van der Waals surface area contributed by atoms with E-state index in [1.807, 2.05) is 13.8 Å². The maximum absolute atomic E-state index is 11.9. The van der Waals surface area contributed by atoms with Crippen molar-refractivity contribution in [3.63, 3.8) is 0 Å². The van der Waals surface area contributed by atoms with E-state index in [2.05, 4.69) is 0 Å². The molecular weight excluding hydrogens is 194 g/mol. The van der Waals surface area contributed by atoms with E-state index in [0.717, 1.165) is 19.4 Å². The van der Waals surface area contributed by atoms with Crippen molar-refractivity contribution in [2.24, 2.45) is 11.8 Å². The van der Waals surface area contributed by atoms with Crippen LogP contribution in [0.15, 0.2) is 0 Å². The van der Waals surface area contributed by atoms with E-state index in [9.17, 15) is 9.59 Å². The Hall–Kier alpha value is -1.06. The van der Waals surface area contributed by atoms with E-state index in [1.54, 1.807) is 4.90 Å². The number of hydrogen-bond donors (Lipinski definition) is 1. The first-order valence-corrected chi connectivity index (χ1v) is 5.63. The molecule has 4 nitrogen and oxygen atoms in total. The summed E-state index contributed by atoms with van der Waals surface area (Å²) in [6.45, 7) is 5.36. The number of aliphatic carboxylic acids is 1. The number of amides is 1. The number of carbonyl (C=O) groups excluding carboxylic acids is 1. The van der Waals surface area contributed by atoms with Gasteiger partial charge >= 0.3 is 5.97 Å². The first kappa shape index (κ1) is 12.0. The Morgan fingerprint density at radius 1 is 1.27 bits per heavy atom. The summed E-state index contributed by atoms with van der Waals surface area (Å²) in [5.41, 5.74) is 0. The fraction of sp³-hybridized carbons (Fsp3) is 0.818. The largest absolute Gasteiger partial charge is 0.481 e. The van der Waals surface area contributed by atoms with Gasteiger partial charge in [-0.1, -0.05) is 6.92 Å². The Kier molecular flexibility index (Phi) is 4.12. The summed E-state index contributed by atoms with van der Waals surface area (Å²) >= 11 is 0. The van der Waals surface area contributed by atoms with E-state index < -0.39 is 11.9 Å². The summed E-state index contributed by atoms with van der Waals surface area (Å²) in [5.74, 6) is -1.51. The lowest BCUT2D eigenvalue weighted by Gasteiger charge is -2.35. The van der Waals surface area contributed by atoms with Crippen molar-refractivity contribution in [3.05, 3.63) is 0 Å². The molecule has 0 aromatic heterocycles. The number of rotatable bonds is 5. The Labute approximate surface area is 90.3 Å². The zero-order valence-electron chi connectivity index (χ0n) is 9.40. The van der Waals surface area contributed by atoms with Crippen molar-refractivity contribution in [2.45, 2.75) is 33.1 Å². The molecule has 0 aromatic carbocycles. The summed E-state index contributed by atoms with van der Waals surface area (Å²) in [6.07, 6.45) is 2.30. The Balaban J connectivity index is 2.55. The Morgan fingerprint density at radius 3 is 2.20 bits per heavy atom. The van der Waals surface area contributed by atoms with Crippen molar-refractivity contribution >= 4 is 11.9 Å². The monoisotopic (exact) mass is 213 g/mol. The average Bonchev–Trinajstić information content (AvgIpc) is 2.11. The molecule has 1 rings (SSSR count). The van der Waals surface area contributed by atoms with E-state index in [-0.39, 0.29) is 11.8 Å². The lowest BCUT2D eigenvalue weighted by atomic mass is 9.73. The number of carboxylic acid groups (broad SMARTS) is 1. The number of hydrogen-bond acceptors (Lipinski definition) is 2. The molecule has 1 saturated carbocycles. The third-order valence-corrected chi connectivity index (χ3v) is 3.10. The Bertz CT molecular complexity index is 252. The van der Waals surface area contributed by atoms with E-state index in [1.165, 1.54) is 0 Å². The van der Waals surface area contributed by atoms with Gasteiger partial charge in [0, 0.05) is 13.1 Å². The minimum atomic E-state index is -0.827. The predicted molar refractivity (Wildman–Crippen MR) is 56.4 cm³/mol. The normalized spacial score (nSPS) is 24.4. The van der Waals surface area contributed by atoms with Crippen LogP contribution >= 0.6 is 0 Å². The van der Waals surface area contributed by atoms with Crippen LogP contribution in [0.3, 0.4) is 0 Å². The van der Waals surface area contributed by atoms with Crippen LogP contribution in [-0.2, 0) is 9.59 Å². The highest BCUT2D eigenvalue weighted by Crippen LogP contribution is 2.35. The van der Waals surface area contributed by atoms with Crippen LogP contribution in [0.25, 0.3) is 0 Å². The van der Waals surface area contributed by atoms with Crippen molar-refractivity contribution in [2.75, 3.05) is 13.1 Å². The molecule has 4 heteroatoms. The molecule has 86 valence electrons. The molecule has 0 aromatic rings. The highest BCUT2D eigenvalue weighted by molar-refractivity contribution is 5.86. The highest BCUT2D eigenvalue weighted by Gasteiger charge is 2.42. The maximum atomic E-state index is 11.9. The highest BCUT2D eigenvalue weighted by atomic mass is 16.4. The standard InChI is InChI=1S/C11H19NO3/c1-3-7-12(4-2)10(13)8-5-6-9(8)11(14)15/h8-9H,3-7H2,1-2H3,(H,14,15). The molecule has 0 radical (unpaired) electrons. The van der Waals surface area contributed by atoms with Crippen LogP contribution in [-0.4, -0.2) is 35.0 Å². The summed E-state index contributed by atoms with van der Waals surface area (Å²) < 4.78 is 0. The second-order valence-electron chi connectivity index (χ2n) is 4.05. The van der Waals surface area contributed by atoms with Gasteiger partial charge in [0.2, 0.25) is 5.91 Å². The smallest absolute Gasteiger partial charge is 0.307 e. The van der Waals surface area contributed by atoms with Gasteiger partial charge in [-0.05, 0) is 26.2 Å². The maximum Gasteiger partial charge on any atom is 0.307 e. The molecule has 0 bridgehead atoms. The van der Waals surface area contributed by atoms with Gasteiger partial charge in [0.15, 0.2) is 0 Å². The number of nitrogens with zero attached hydrogens (tertiary/aromatic N) is 1. The summed E-state index contributed by atoms with van der Waals surface area (Å²) in [7, 11) is 0. The SMILES string of the molecule is CCCN(CC)C(=O)C1CCC1C(=O)O. The van der Waals surface area contributed by atoms with E-state index >= 15 is 0 Å². The van der Waals surface area contributed by atoms with E-state index in [4.69, 9.17) is 5.11 Å². The molecule has 0 saturated heterocycles. The van der Waals surface area contributed by atoms with Crippen molar-refractivity contribution < 1.29 is 14.7 Å². The lowest BCUT2D eigenvalue weighted by molar-refractivity contribution is -0.156. The Morgan fingerprint density at radius 2 is 1.87 bits per heavy atom. The van der Waals surface area contributed by atoms with Gasteiger partial charge in [0.1, 0.15) is 0 Å². The molecule has 2 atom stereocenters. The van der Waals surface area contributed by atoms with Crippen LogP contribution in [0.4, 0.5) is 0 Å². The molecule has 1 aliphatic rings. The first-order chi connectivity index (χ1) is 7.11. The zero-order chi connectivity index (χ0) is 11.4. The lowest BCUT2D eigenvalue weighted by Crippen LogP contribution is -2.46. The second kappa shape index (κ2) is 5.14. The molecule has 2 unspecified atom stereocenters. The average molecular weight is 213 g/mol. The van der Waals surface area contributed by atoms with Crippen LogP contribution in [0.5, 0.6) is 0 Å². The minimum Gasteiger partial charge on any atom is -0.481 e. The molecule has 1 amide bonds. The van der Waals surface area contributed by atoms with Crippen molar-refractivity contribution in [1.29, 1.82) is 0 Å². The van der Waals surface area contributed by atoms with Gasteiger partial charge in [0.25, 0.3) is 0 Å². The van der Waals surface area contributed by atoms with Gasteiger partial charge < -0.3 is 10.0 Å². The number of carbonyl (C=O) groups is 2. The molecule has 0 heterocycles. The topological polar surface area (TPSA) is 57.6 Å². The van der Waals surface area contributed by atoms with Gasteiger partial charge in [-0.15, -0.1) is 0 Å². The fourth-order valence-electron chi connectivity index (χ4n) is 2.02. The summed E-state index contributed by atoms with van der Waals surface area (Å²) in [4.78, 5) is 24.5. The molecule has 1 N–H and O–H groups in total. The van der Waals surface area contributed by atoms with E-state index in [0.29, 0.717) is 13.0 Å². The third kappa shape index (κ3) is 2.49. The van der Waals surface area contributed by atoms with Gasteiger partial charge in [-0.25, -0.2) is 0 Å². The minimum absolute atomic E-state index is 0.0259. The van der Waals surface area contributed by atoms with Crippen molar-refractivity contribution in [1.82, 2.24) is 4.90 Å². The molecule has 0 aliphatic heterocycles. The van der Waals surface area contributed by atoms with Crippen LogP contribution in [0.1, 0.15) is 33.1 Å². The third-order valence-electron chi connectivity index (χ3n) is 3.10. The molecular formula is C11H19NO3. The van der Waals surface area contributed by atoms with Crippen molar-refractivity contribution in [3.8, 4) is 0 Å². The summed E-state index contributed by atoms with van der Waals surface area (Å²) in [5, 5.41) is 8.87. The number of carboxylic acids is 1. The quantitative estimate of drug-likeness (QED) is 0.750. The molecule has 0 spiro atoms. The fourth-order valence-corrected chi connectivity index (χ4v) is 2.02. The molecule has 15 heavy (non-hydrogen) atoms. The predicted octanol–water partition coefficient (Wildman–Crippen LogP) is 1.36. The second-order valence-corrected chi connectivity index (χ2v) is 4.05. The van der Waals surface area contributed by atoms with Gasteiger partial charge in [0.05, 0.1) is 11.8 Å². The van der Waals surface area contributed by atoms with Crippen LogP contribution in [0.2, 0.25) is 0 Å². The van der Waals surface area contributed by atoms with Crippen LogP contribution in [0, 0.1) is 11.8 Å². The molecule has 1 fully saturated rings. The summed E-state index contributed by atoms with van der Waals surface area (Å²) in [6, 6.07) is 0. The van der Waals surface area contributed by atoms with Gasteiger partial charge in [-0.2, -0.15) is 0 Å².